The lowest BCUT2D eigenvalue weighted by atomic mass is 10.2. The number of terminal acetylenes is 1. The predicted octanol–water partition coefficient (Wildman–Crippen LogP) is 1.99. The Balaban J connectivity index is 2.10. The molecule has 1 amide bonds. The van der Waals surface area contributed by atoms with Gasteiger partial charge in [-0.05, 0) is 37.8 Å². The highest BCUT2D eigenvalue weighted by Gasteiger charge is 2.18. The number of nitrogens with one attached hydrogen (secondary N) is 1. The normalized spacial score (nSPS) is 15.5. The van der Waals surface area contributed by atoms with Gasteiger partial charge in [-0.2, -0.15) is 0 Å². The number of fused-ring (bicyclic) bond motifs is 1. The standard InChI is InChI=1S/C12H13NOS/c1-3-8(2)13-12(14)11-7-9-5-4-6-10(9)15-11/h1,7-8H,4-6H2,2H3,(H,13,14). The molecule has 0 fully saturated rings. The maximum atomic E-state index is 11.7. The van der Waals surface area contributed by atoms with Crippen molar-refractivity contribution < 1.29 is 4.79 Å². The Kier molecular flexibility index (Phi) is 2.79. The van der Waals surface area contributed by atoms with E-state index in [2.05, 4.69) is 11.2 Å². The topological polar surface area (TPSA) is 29.1 Å². The summed E-state index contributed by atoms with van der Waals surface area (Å²) < 4.78 is 0. The second kappa shape index (κ2) is 4.08. The van der Waals surface area contributed by atoms with Crippen molar-refractivity contribution >= 4 is 17.2 Å². The molecule has 0 bridgehead atoms. The molecule has 0 saturated heterocycles. The zero-order valence-corrected chi connectivity index (χ0v) is 9.49. The molecular formula is C12H13NOS. The number of aryl methyl sites for hydroxylation is 2. The monoisotopic (exact) mass is 219 g/mol. The minimum absolute atomic E-state index is 0.0418. The molecule has 3 heteroatoms. The summed E-state index contributed by atoms with van der Waals surface area (Å²) in [7, 11) is 0. The molecule has 1 aliphatic carbocycles. The first-order valence-corrected chi connectivity index (χ1v) is 5.91. The van der Waals surface area contributed by atoms with Crippen molar-refractivity contribution in [2.75, 3.05) is 0 Å². The second-order valence-corrected chi connectivity index (χ2v) is 4.91. The van der Waals surface area contributed by atoms with Crippen molar-refractivity contribution in [3.05, 3.63) is 21.4 Å². The first-order chi connectivity index (χ1) is 7.20. The van der Waals surface area contributed by atoms with Gasteiger partial charge >= 0.3 is 0 Å². The predicted molar refractivity (Wildman–Crippen MR) is 62.1 cm³/mol. The number of rotatable bonds is 2. The van der Waals surface area contributed by atoms with Crippen LogP contribution in [-0.2, 0) is 12.8 Å². The first kappa shape index (κ1) is 10.3. The van der Waals surface area contributed by atoms with Crippen LogP contribution in [-0.4, -0.2) is 11.9 Å². The lowest BCUT2D eigenvalue weighted by molar-refractivity contribution is 0.0952. The molecule has 1 aromatic rings. The molecule has 2 rings (SSSR count). The van der Waals surface area contributed by atoms with E-state index in [1.165, 1.54) is 16.9 Å². The third-order valence-electron chi connectivity index (χ3n) is 2.57. The van der Waals surface area contributed by atoms with Gasteiger partial charge in [0.25, 0.3) is 5.91 Å². The maximum Gasteiger partial charge on any atom is 0.262 e. The minimum Gasteiger partial charge on any atom is -0.338 e. The van der Waals surface area contributed by atoms with Crippen molar-refractivity contribution in [3.8, 4) is 12.3 Å². The Hall–Kier alpha value is -1.27. The van der Waals surface area contributed by atoms with E-state index in [1.807, 2.05) is 6.07 Å². The molecule has 1 unspecified atom stereocenters. The highest BCUT2D eigenvalue weighted by atomic mass is 32.1. The third-order valence-corrected chi connectivity index (χ3v) is 3.80. The highest BCUT2D eigenvalue weighted by Crippen LogP contribution is 2.30. The third kappa shape index (κ3) is 2.05. The second-order valence-electron chi connectivity index (χ2n) is 3.77. The molecule has 0 aromatic carbocycles. The van der Waals surface area contributed by atoms with Gasteiger partial charge in [0, 0.05) is 4.88 Å². The van der Waals surface area contributed by atoms with Crippen LogP contribution in [0.1, 0.15) is 33.5 Å². The van der Waals surface area contributed by atoms with Gasteiger partial charge in [-0.3, -0.25) is 4.79 Å². The van der Waals surface area contributed by atoms with Crippen LogP contribution < -0.4 is 5.32 Å². The Morgan fingerprint density at radius 2 is 2.47 bits per heavy atom. The van der Waals surface area contributed by atoms with Crippen molar-refractivity contribution in [1.29, 1.82) is 0 Å². The van der Waals surface area contributed by atoms with Crippen molar-refractivity contribution in [1.82, 2.24) is 5.32 Å². The summed E-state index contributed by atoms with van der Waals surface area (Å²) in [5.41, 5.74) is 1.35. The average Bonchev–Trinajstić information content (AvgIpc) is 2.76. The first-order valence-electron chi connectivity index (χ1n) is 5.09. The largest absolute Gasteiger partial charge is 0.338 e. The molecule has 15 heavy (non-hydrogen) atoms. The van der Waals surface area contributed by atoms with Crippen LogP contribution in [0.4, 0.5) is 0 Å². The van der Waals surface area contributed by atoms with Crippen LogP contribution in [0.25, 0.3) is 0 Å². The zero-order chi connectivity index (χ0) is 10.8. The van der Waals surface area contributed by atoms with Crippen LogP contribution in [0.5, 0.6) is 0 Å². The van der Waals surface area contributed by atoms with Crippen LogP contribution in [0, 0.1) is 12.3 Å². The van der Waals surface area contributed by atoms with Gasteiger partial charge in [0.1, 0.15) is 0 Å². The lowest BCUT2D eigenvalue weighted by Crippen LogP contribution is -2.30. The van der Waals surface area contributed by atoms with E-state index in [0.717, 1.165) is 17.7 Å². The molecule has 78 valence electrons. The fourth-order valence-corrected chi connectivity index (χ4v) is 2.91. The van der Waals surface area contributed by atoms with Crippen LogP contribution in [0.2, 0.25) is 0 Å². The van der Waals surface area contributed by atoms with Crippen molar-refractivity contribution in [2.24, 2.45) is 0 Å². The summed E-state index contributed by atoms with van der Waals surface area (Å²) in [5, 5.41) is 2.77. The number of carbonyl (C=O) groups excluding carboxylic acids is 1. The van der Waals surface area contributed by atoms with E-state index in [4.69, 9.17) is 6.42 Å². The molecule has 2 nitrogen and oxygen atoms in total. The van der Waals surface area contributed by atoms with E-state index in [0.29, 0.717) is 0 Å². The molecule has 1 aliphatic rings. The van der Waals surface area contributed by atoms with Gasteiger partial charge < -0.3 is 5.32 Å². The Morgan fingerprint density at radius 1 is 1.67 bits per heavy atom. The fourth-order valence-electron chi connectivity index (χ4n) is 1.75. The Bertz CT molecular complexity index is 406. The minimum atomic E-state index is -0.200. The lowest BCUT2D eigenvalue weighted by Gasteiger charge is -2.05. The molecule has 0 radical (unpaired) electrons. The van der Waals surface area contributed by atoms with Crippen LogP contribution >= 0.6 is 11.3 Å². The SMILES string of the molecule is C#CC(C)NC(=O)c1cc2c(s1)CCC2. The number of thiophene rings is 1. The van der Waals surface area contributed by atoms with E-state index in [-0.39, 0.29) is 11.9 Å². The van der Waals surface area contributed by atoms with Crippen LogP contribution in [0.15, 0.2) is 6.07 Å². The summed E-state index contributed by atoms with van der Waals surface area (Å²) in [5.74, 6) is 2.45. The van der Waals surface area contributed by atoms with E-state index in [9.17, 15) is 4.79 Å². The van der Waals surface area contributed by atoms with Gasteiger partial charge in [0.15, 0.2) is 0 Å². The van der Waals surface area contributed by atoms with Gasteiger partial charge in [-0.1, -0.05) is 5.92 Å². The van der Waals surface area contributed by atoms with Crippen molar-refractivity contribution in [2.45, 2.75) is 32.2 Å². The quantitative estimate of drug-likeness (QED) is 0.757. The molecule has 1 N–H and O–H groups in total. The summed E-state index contributed by atoms with van der Waals surface area (Å²) in [6, 6.07) is 1.81. The smallest absolute Gasteiger partial charge is 0.262 e. The molecule has 0 saturated carbocycles. The highest BCUT2D eigenvalue weighted by molar-refractivity contribution is 7.14. The zero-order valence-electron chi connectivity index (χ0n) is 8.67. The molecule has 1 heterocycles. The molecule has 0 spiro atoms. The summed E-state index contributed by atoms with van der Waals surface area (Å²) in [4.78, 5) is 13.9. The molecular weight excluding hydrogens is 206 g/mol. The van der Waals surface area contributed by atoms with Gasteiger partial charge in [-0.25, -0.2) is 0 Å². The van der Waals surface area contributed by atoms with Gasteiger partial charge in [0.05, 0.1) is 10.9 Å². The molecule has 0 aliphatic heterocycles. The number of carbonyl (C=O) groups is 1. The fraction of sp³-hybridized carbons (Fsp3) is 0.417. The summed E-state index contributed by atoms with van der Waals surface area (Å²) in [6.45, 7) is 1.80. The number of amides is 1. The summed E-state index contributed by atoms with van der Waals surface area (Å²) >= 11 is 1.60. The average molecular weight is 219 g/mol. The van der Waals surface area contributed by atoms with Crippen LogP contribution in [0.3, 0.4) is 0 Å². The number of hydrogen-bond donors (Lipinski definition) is 1. The maximum absolute atomic E-state index is 11.7. The Morgan fingerprint density at radius 3 is 3.13 bits per heavy atom. The molecule has 1 atom stereocenters. The van der Waals surface area contributed by atoms with E-state index in [1.54, 1.807) is 18.3 Å². The Labute approximate surface area is 93.7 Å². The van der Waals surface area contributed by atoms with E-state index < -0.39 is 0 Å². The summed E-state index contributed by atoms with van der Waals surface area (Å²) in [6.07, 6.45) is 8.67. The number of hydrogen-bond acceptors (Lipinski definition) is 2. The molecule has 1 aromatic heterocycles. The van der Waals surface area contributed by atoms with Crippen molar-refractivity contribution in [3.63, 3.8) is 0 Å². The van der Waals surface area contributed by atoms with Gasteiger partial charge in [0.2, 0.25) is 0 Å². The van der Waals surface area contributed by atoms with Gasteiger partial charge in [-0.15, -0.1) is 17.8 Å². The van der Waals surface area contributed by atoms with E-state index >= 15 is 0 Å².